The van der Waals surface area contributed by atoms with E-state index in [0.717, 1.165) is 11.3 Å². The molecule has 4 heteroatoms. The number of amides is 1. The first-order valence-electron chi connectivity index (χ1n) is 6.39. The highest BCUT2D eigenvalue weighted by Gasteiger charge is 2.10. The van der Waals surface area contributed by atoms with E-state index in [0.29, 0.717) is 17.2 Å². The van der Waals surface area contributed by atoms with Crippen LogP contribution in [0.1, 0.15) is 31.9 Å². The van der Waals surface area contributed by atoms with E-state index in [-0.39, 0.29) is 11.9 Å². The smallest absolute Gasteiger partial charge is 0.230 e. The Morgan fingerprint density at radius 3 is 2.79 bits per heavy atom. The fourth-order valence-electron chi connectivity index (χ4n) is 1.45. The van der Waals surface area contributed by atoms with Gasteiger partial charge in [-0.15, -0.1) is 11.8 Å². The van der Waals surface area contributed by atoms with Gasteiger partial charge >= 0.3 is 0 Å². The number of nitriles is 1. The summed E-state index contributed by atoms with van der Waals surface area (Å²) in [4.78, 5) is 11.7. The fourth-order valence-corrected chi connectivity index (χ4v) is 2.24. The van der Waals surface area contributed by atoms with Gasteiger partial charge < -0.3 is 5.32 Å². The lowest BCUT2D eigenvalue weighted by Gasteiger charge is -2.17. The normalized spacial score (nSPS) is 11.9. The van der Waals surface area contributed by atoms with Crippen LogP contribution in [0.5, 0.6) is 0 Å². The minimum Gasteiger partial charge on any atom is -0.353 e. The number of rotatable bonds is 6. The van der Waals surface area contributed by atoms with Crippen LogP contribution in [-0.2, 0) is 10.5 Å². The highest BCUT2D eigenvalue weighted by molar-refractivity contribution is 7.99. The first kappa shape index (κ1) is 15.6. The van der Waals surface area contributed by atoms with Crippen molar-refractivity contribution in [1.82, 2.24) is 5.32 Å². The summed E-state index contributed by atoms with van der Waals surface area (Å²) >= 11 is 1.57. The van der Waals surface area contributed by atoms with Crippen LogP contribution < -0.4 is 5.32 Å². The van der Waals surface area contributed by atoms with E-state index in [1.54, 1.807) is 17.8 Å². The third kappa shape index (κ3) is 5.80. The van der Waals surface area contributed by atoms with Crippen LogP contribution in [0.15, 0.2) is 24.3 Å². The van der Waals surface area contributed by atoms with Gasteiger partial charge in [0.1, 0.15) is 0 Å². The number of carbonyl (C=O) groups is 1. The second-order valence-corrected chi connectivity index (χ2v) is 5.89. The summed E-state index contributed by atoms with van der Waals surface area (Å²) in [6.45, 7) is 6.20. The molecule has 1 amide bonds. The van der Waals surface area contributed by atoms with E-state index in [2.05, 4.69) is 25.2 Å². The number of thioether (sulfide) groups is 1. The zero-order chi connectivity index (χ0) is 14.3. The first-order chi connectivity index (χ1) is 9.02. The van der Waals surface area contributed by atoms with E-state index in [4.69, 9.17) is 5.26 Å². The molecule has 1 atom stereocenters. The second kappa shape index (κ2) is 7.85. The Morgan fingerprint density at radius 1 is 1.42 bits per heavy atom. The molecule has 1 N–H and O–H groups in total. The second-order valence-electron chi connectivity index (χ2n) is 4.91. The predicted octanol–water partition coefficient (Wildman–Crippen LogP) is 2.95. The van der Waals surface area contributed by atoms with Crippen molar-refractivity contribution in [3.05, 3.63) is 35.4 Å². The van der Waals surface area contributed by atoms with Crippen molar-refractivity contribution in [1.29, 1.82) is 5.26 Å². The third-order valence-electron chi connectivity index (χ3n) is 2.95. The Morgan fingerprint density at radius 2 is 2.16 bits per heavy atom. The first-order valence-corrected chi connectivity index (χ1v) is 7.54. The monoisotopic (exact) mass is 276 g/mol. The van der Waals surface area contributed by atoms with Crippen LogP contribution >= 0.6 is 11.8 Å². The average molecular weight is 276 g/mol. The lowest BCUT2D eigenvalue weighted by molar-refractivity contribution is -0.119. The van der Waals surface area contributed by atoms with Crippen LogP contribution in [0.3, 0.4) is 0 Å². The molecule has 0 aromatic heterocycles. The van der Waals surface area contributed by atoms with Crippen molar-refractivity contribution < 1.29 is 4.79 Å². The van der Waals surface area contributed by atoms with E-state index in [1.807, 2.05) is 25.1 Å². The fraction of sp³-hybridized carbons (Fsp3) is 0.467. The molecular formula is C15H20N2OS. The molecule has 0 aliphatic carbocycles. The molecule has 19 heavy (non-hydrogen) atoms. The number of hydrogen-bond donors (Lipinski definition) is 1. The van der Waals surface area contributed by atoms with E-state index in [1.165, 1.54) is 0 Å². The summed E-state index contributed by atoms with van der Waals surface area (Å²) in [5, 5.41) is 11.8. The number of nitrogens with zero attached hydrogens (tertiary/aromatic N) is 1. The summed E-state index contributed by atoms with van der Waals surface area (Å²) in [6, 6.07) is 9.81. The van der Waals surface area contributed by atoms with Gasteiger partial charge in [0, 0.05) is 11.8 Å². The molecule has 0 bridgehead atoms. The molecule has 0 radical (unpaired) electrons. The molecule has 0 heterocycles. The quantitative estimate of drug-likeness (QED) is 0.869. The van der Waals surface area contributed by atoms with Crippen molar-refractivity contribution in [3.63, 3.8) is 0 Å². The molecule has 102 valence electrons. The molecule has 0 saturated heterocycles. The Kier molecular flexibility index (Phi) is 6.44. The van der Waals surface area contributed by atoms with Crippen LogP contribution in [0.25, 0.3) is 0 Å². The molecular weight excluding hydrogens is 256 g/mol. The number of benzene rings is 1. The molecule has 0 aliphatic heterocycles. The van der Waals surface area contributed by atoms with Gasteiger partial charge in [0.05, 0.1) is 17.4 Å². The number of carbonyl (C=O) groups excluding carboxylic acids is 1. The van der Waals surface area contributed by atoms with Gasteiger partial charge in [0.2, 0.25) is 5.91 Å². The predicted molar refractivity (Wildman–Crippen MR) is 79.8 cm³/mol. The molecule has 1 aromatic rings. The van der Waals surface area contributed by atoms with Crippen LogP contribution in [0.2, 0.25) is 0 Å². The minimum atomic E-state index is 0.0719. The molecule has 3 nitrogen and oxygen atoms in total. The third-order valence-corrected chi connectivity index (χ3v) is 3.95. The van der Waals surface area contributed by atoms with Crippen molar-refractivity contribution in [3.8, 4) is 6.07 Å². The molecule has 1 rings (SSSR count). The SMILES string of the molecule is CC(C)[C@H](C)NC(=O)CSCc1cccc(C#N)c1. The maximum absolute atomic E-state index is 11.7. The maximum Gasteiger partial charge on any atom is 0.230 e. The van der Waals surface area contributed by atoms with Crippen LogP contribution in [-0.4, -0.2) is 17.7 Å². The maximum atomic E-state index is 11.7. The highest BCUT2D eigenvalue weighted by Crippen LogP contribution is 2.13. The van der Waals surface area contributed by atoms with Crippen LogP contribution in [0, 0.1) is 17.2 Å². The lowest BCUT2D eigenvalue weighted by Crippen LogP contribution is -2.37. The van der Waals surface area contributed by atoms with Gasteiger partial charge in [-0.25, -0.2) is 0 Å². The topological polar surface area (TPSA) is 52.9 Å². The van der Waals surface area contributed by atoms with E-state index in [9.17, 15) is 4.79 Å². The molecule has 0 unspecified atom stereocenters. The molecule has 1 aromatic carbocycles. The van der Waals surface area contributed by atoms with E-state index >= 15 is 0 Å². The van der Waals surface area contributed by atoms with Gasteiger partial charge in [-0.2, -0.15) is 5.26 Å². The average Bonchev–Trinajstić information content (AvgIpc) is 2.38. The Bertz CT molecular complexity index is 465. The van der Waals surface area contributed by atoms with Crippen LogP contribution in [0.4, 0.5) is 0 Å². The minimum absolute atomic E-state index is 0.0719. The van der Waals surface area contributed by atoms with Gasteiger partial charge in [-0.05, 0) is 30.5 Å². The summed E-state index contributed by atoms with van der Waals surface area (Å²) in [5.41, 5.74) is 1.74. The summed E-state index contributed by atoms with van der Waals surface area (Å²) in [6.07, 6.45) is 0. The van der Waals surface area contributed by atoms with Crippen molar-refractivity contribution >= 4 is 17.7 Å². The van der Waals surface area contributed by atoms with Crippen molar-refractivity contribution in [2.75, 3.05) is 5.75 Å². The Hall–Kier alpha value is -1.47. The summed E-state index contributed by atoms with van der Waals surface area (Å²) < 4.78 is 0. The molecule has 0 saturated carbocycles. The molecule has 0 aliphatic rings. The number of nitrogens with one attached hydrogen (secondary N) is 1. The largest absolute Gasteiger partial charge is 0.353 e. The zero-order valence-electron chi connectivity index (χ0n) is 11.6. The summed E-state index contributed by atoms with van der Waals surface area (Å²) in [5.74, 6) is 1.72. The summed E-state index contributed by atoms with van der Waals surface area (Å²) in [7, 11) is 0. The molecule has 0 fully saturated rings. The van der Waals surface area contributed by atoms with E-state index < -0.39 is 0 Å². The van der Waals surface area contributed by atoms with Crippen molar-refractivity contribution in [2.24, 2.45) is 5.92 Å². The standard InChI is InChI=1S/C15H20N2OS/c1-11(2)12(3)17-15(18)10-19-9-14-6-4-5-13(7-14)8-16/h4-7,11-12H,9-10H2,1-3H3,(H,17,18)/t12-/m0/s1. The van der Waals surface area contributed by atoms with Gasteiger partial charge in [-0.3, -0.25) is 4.79 Å². The van der Waals surface area contributed by atoms with Gasteiger partial charge in [0.15, 0.2) is 0 Å². The zero-order valence-corrected chi connectivity index (χ0v) is 12.5. The Labute approximate surface area is 119 Å². The lowest BCUT2D eigenvalue weighted by atomic mass is 10.1. The van der Waals surface area contributed by atoms with Crippen molar-refractivity contribution in [2.45, 2.75) is 32.6 Å². The number of hydrogen-bond acceptors (Lipinski definition) is 3. The highest BCUT2D eigenvalue weighted by atomic mass is 32.2. The Balaban J connectivity index is 2.34. The van der Waals surface area contributed by atoms with Gasteiger partial charge in [-0.1, -0.05) is 26.0 Å². The van der Waals surface area contributed by atoms with Gasteiger partial charge in [0.25, 0.3) is 0 Å². The molecule has 0 spiro atoms.